The van der Waals surface area contributed by atoms with Crippen LogP contribution >= 0.6 is 0 Å². The van der Waals surface area contributed by atoms with Crippen LogP contribution in [0.25, 0.3) is 0 Å². The van der Waals surface area contributed by atoms with Crippen LogP contribution in [0.3, 0.4) is 0 Å². The molecular weight excluding hydrogens is 170 g/mol. The van der Waals surface area contributed by atoms with Crippen molar-refractivity contribution >= 4 is 5.97 Å². The summed E-state index contributed by atoms with van der Waals surface area (Å²) < 4.78 is 10.0. The minimum atomic E-state index is -0.353. The van der Waals surface area contributed by atoms with E-state index in [2.05, 4.69) is 4.74 Å². The Morgan fingerprint density at radius 2 is 2.54 bits per heavy atom. The fourth-order valence-corrected chi connectivity index (χ4v) is 2.42. The summed E-state index contributed by atoms with van der Waals surface area (Å²) in [6, 6.07) is 0. The molecule has 1 aliphatic carbocycles. The van der Waals surface area contributed by atoms with Gasteiger partial charge in [-0.1, -0.05) is 0 Å². The molecule has 1 saturated heterocycles. The monoisotopic (exact) mass is 185 g/mol. The highest BCUT2D eigenvalue weighted by Gasteiger charge is 2.55. The lowest BCUT2D eigenvalue weighted by molar-refractivity contribution is -0.145. The second-order valence-electron chi connectivity index (χ2n) is 3.99. The molecule has 0 bridgehead atoms. The fourth-order valence-electron chi connectivity index (χ4n) is 2.42. The molecule has 0 aromatic heterocycles. The van der Waals surface area contributed by atoms with Gasteiger partial charge in [-0.2, -0.15) is 0 Å². The highest BCUT2D eigenvalue weighted by atomic mass is 16.5. The van der Waals surface area contributed by atoms with Crippen molar-refractivity contribution in [3.05, 3.63) is 0 Å². The lowest BCUT2D eigenvalue weighted by Gasteiger charge is -2.48. The van der Waals surface area contributed by atoms with Gasteiger partial charge in [0.15, 0.2) is 0 Å². The third kappa shape index (κ3) is 1.34. The molecule has 1 saturated carbocycles. The molecule has 0 amide bonds. The van der Waals surface area contributed by atoms with Gasteiger partial charge in [0, 0.05) is 18.1 Å². The van der Waals surface area contributed by atoms with Gasteiger partial charge >= 0.3 is 5.97 Å². The number of esters is 1. The molecule has 3 unspecified atom stereocenters. The van der Waals surface area contributed by atoms with Crippen molar-refractivity contribution in [2.75, 3.05) is 13.7 Å². The van der Waals surface area contributed by atoms with Crippen LogP contribution in [0.1, 0.15) is 19.3 Å². The average molecular weight is 185 g/mol. The molecule has 2 N–H and O–H groups in total. The molecule has 2 rings (SSSR count). The van der Waals surface area contributed by atoms with E-state index >= 15 is 0 Å². The number of hydrogen-bond acceptors (Lipinski definition) is 4. The Morgan fingerprint density at radius 3 is 3.15 bits per heavy atom. The predicted octanol–water partition coefficient (Wildman–Crippen LogP) is 0.0558. The summed E-state index contributed by atoms with van der Waals surface area (Å²) in [4.78, 5) is 11.1. The molecule has 2 fully saturated rings. The maximum atomic E-state index is 11.1. The second-order valence-corrected chi connectivity index (χ2v) is 3.99. The standard InChI is InChI=1S/C9H15NO3/c1-12-8(11)5-9(10)4-7-6(9)2-3-13-7/h6-7H,2-5,10H2,1H3. The molecule has 4 nitrogen and oxygen atoms in total. The Labute approximate surface area is 77.4 Å². The molecule has 1 aliphatic heterocycles. The molecule has 0 radical (unpaired) electrons. The number of nitrogens with two attached hydrogens (primary N) is 1. The number of ether oxygens (including phenoxy) is 2. The lowest BCUT2D eigenvalue weighted by Crippen LogP contribution is -2.62. The maximum absolute atomic E-state index is 11.1. The van der Waals surface area contributed by atoms with E-state index in [4.69, 9.17) is 10.5 Å². The van der Waals surface area contributed by atoms with E-state index in [9.17, 15) is 4.79 Å². The third-order valence-electron chi connectivity index (χ3n) is 3.23. The first kappa shape index (κ1) is 8.97. The van der Waals surface area contributed by atoms with Gasteiger partial charge in [-0.25, -0.2) is 0 Å². The van der Waals surface area contributed by atoms with Crippen LogP contribution in [0.4, 0.5) is 0 Å². The van der Waals surface area contributed by atoms with Crippen LogP contribution in [0.2, 0.25) is 0 Å². The zero-order valence-electron chi connectivity index (χ0n) is 7.79. The third-order valence-corrected chi connectivity index (χ3v) is 3.23. The van der Waals surface area contributed by atoms with Crippen LogP contribution in [-0.4, -0.2) is 31.3 Å². The van der Waals surface area contributed by atoms with Crippen molar-refractivity contribution < 1.29 is 14.3 Å². The van der Waals surface area contributed by atoms with Gasteiger partial charge in [0.25, 0.3) is 0 Å². The lowest BCUT2D eigenvalue weighted by atomic mass is 9.63. The molecule has 1 heterocycles. The normalized spacial score (nSPS) is 42.3. The Hall–Kier alpha value is -0.610. The number of carbonyl (C=O) groups is 1. The van der Waals surface area contributed by atoms with Crippen molar-refractivity contribution in [1.82, 2.24) is 0 Å². The second kappa shape index (κ2) is 2.96. The molecule has 3 atom stereocenters. The van der Waals surface area contributed by atoms with Crippen LogP contribution < -0.4 is 5.73 Å². The van der Waals surface area contributed by atoms with E-state index in [1.54, 1.807) is 0 Å². The first-order valence-electron chi connectivity index (χ1n) is 4.63. The van der Waals surface area contributed by atoms with Crippen LogP contribution in [-0.2, 0) is 14.3 Å². The SMILES string of the molecule is COC(=O)CC1(N)CC2OCCC21. The first-order chi connectivity index (χ1) is 6.15. The van der Waals surface area contributed by atoms with Gasteiger partial charge < -0.3 is 15.2 Å². The number of rotatable bonds is 2. The van der Waals surface area contributed by atoms with Crippen molar-refractivity contribution in [2.45, 2.75) is 30.9 Å². The minimum Gasteiger partial charge on any atom is -0.469 e. The van der Waals surface area contributed by atoms with Crippen LogP contribution in [0, 0.1) is 5.92 Å². The van der Waals surface area contributed by atoms with E-state index in [0.717, 1.165) is 19.4 Å². The fraction of sp³-hybridized carbons (Fsp3) is 0.889. The van der Waals surface area contributed by atoms with Gasteiger partial charge in [0.1, 0.15) is 0 Å². The van der Waals surface area contributed by atoms with Crippen molar-refractivity contribution in [1.29, 1.82) is 0 Å². The first-order valence-corrected chi connectivity index (χ1v) is 4.63. The molecule has 4 heteroatoms. The largest absolute Gasteiger partial charge is 0.469 e. The molecule has 74 valence electrons. The topological polar surface area (TPSA) is 61.5 Å². The Kier molecular flexibility index (Phi) is 2.04. The predicted molar refractivity (Wildman–Crippen MR) is 46.0 cm³/mol. The summed E-state index contributed by atoms with van der Waals surface area (Å²) in [7, 11) is 1.40. The number of methoxy groups -OCH3 is 1. The summed E-state index contributed by atoms with van der Waals surface area (Å²) in [5.41, 5.74) is 5.73. The van der Waals surface area contributed by atoms with E-state index in [0.29, 0.717) is 18.4 Å². The number of hydrogen-bond donors (Lipinski definition) is 1. The molecule has 2 aliphatic rings. The molecule has 0 aromatic carbocycles. The summed E-state index contributed by atoms with van der Waals surface area (Å²) in [5, 5.41) is 0. The van der Waals surface area contributed by atoms with Gasteiger partial charge in [0.2, 0.25) is 0 Å². The van der Waals surface area contributed by atoms with Gasteiger partial charge in [-0.15, -0.1) is 0 Å². The zero-order valence-corrected chi connectivity index (χ0v) is 7.79. The van der Waals surface area contributed by atoms with Crippen LogP contribution in [0.15, 0.2) is 0 Å². The smallest absolute Gasteiger partial charge is 0.307 e. The van der Waals surface area contributed by atoms with Crippen molar-refractivity contribution in [3.63, 3.8) is 0 Å². The Balaban J connectivity index is 1.95. The highest BCUT2D eigenvalue weighted by molar-refractivity contribution is 5.71. The van der Waals surface area contributed by atoms with E-state index in [1.807, 2.05) is 0 Å². The van der Waals surface area contributed by atoms with E-state index < -0.39 is 0 Å². The molecule has 0 aromatic rings. The Bertz CT molecular complexity index is 231. The van der Waals surface area contributed by atoms with Crippen LogP contribution in [0.5, 0.6) is 0 Å². The highest BCUT2D eigenvalue weighted by Crippen LogP contribution is 2.47. The zero-order chi connectivity index (χ0) is 9.47. The summed E-state index contributed by atoms with van der Waals surface area (Å²) in [6.07, 6.45) is 2.41. The van der Waals surface area contributed by atoms with E-state index in [1.165, 1.54) is 7.11 Å². The summed E-state index contributed by atoms with van der Waals surface area (Å²) >= 11 is 0. The number of fused-ring (bicyclic) bond motifs is 1. The molecular formula is C9H15NO3. The van der Waals surface area contributed by atoms with Crippen molar-refractivity contribution in [2.24, 2.45) is 11.7 Å². The van der Waals surface area contributed by atoms with E-state index in [-0.39, 0.29) is 11.5 Å². The van der Waals surface area contributed by atoms with Crippen molar-refractivity contribution in [3.8, 4) is 0 Å². The number of carbonyl (C=O) groups excluding carboxylic acids is 1. The van der Waals surface area contributed by atoms with Gasteiger partial charge in [-0.3, -0.25) is 4.79 Å². The van der Waals surface area contributed by atoms with Gasteiger partial charge in [0.05, 0.1) is 19.6 Å². The summed E-state index contributed by atoms with van der Waals surface area (Å²) in [6.45, 7) is 0.787. The molecule has 13 heavy (non-hydrogen) atoms. The maximum Gasteiger partial charge on any atom is 0.307 e. The quantitative estimate of drug-likeness (QED) is 0.618. The molecule has 0 spiro atoms. The summed E-state index contributed by atoms with van der Waals surface area (Å²) in [5.74, 6) is 0.152. The van der Waals surface area contributed by atoms with Gasteiger partial charge in [-0.05, 0) is 12.8 Å². The minimum absolute atomic E-state index is 0.215. The average Bonchev–Trinajstić information content (AvgIpc) is 2.47. The Morgan fingerprint density at radius 1 is 1.77 bits per heavy atom.